The summed E-state index contributed by atoms with van der Waals surface area (Å²) in [7, 11) is 1.29. The first-order valence-electron chi connectivity index (χ1n) is 5.67. The van der Waals surface area contributed by atoms with Crippen LogP contribution in [0.5, 0.6) is 0 Å². The van der Waals surface area contributed by atoms with Crippen molar-refractivity contribution in [3.05, 3.63) is 29.0 Å². The summed E-state index contributed by atoms with van der Waals surface area (Å²) in [4.78, 5) is 16.1. The fourth-order valence-corrected chi connectivity index (χ4v) is 1.82. The molecule has 19 heavy (non-hydrogen) atoms. The molecule has 0 fully saturated rings. The van der Waals surface area contributed by atoms with Crippen molar-refractivity contribution in [3.8, 4) is 11.5 Å². The van der Waals surface area contributed by atoms with Crippen LogP contribution in [-0.4, -0.2) is 18.1 Å². The normalized spacial score (nSPS) is 11.6. The molecule has 0 aliphatic carbocycles. The van der Waals surface area contributed by atoms with E-state index in [0.29, 0.717) is 11.3 Å². The van der Waals surface area contributed by atoms with Crippen LogP contribution in [0.15, 0.2) is 21.2 Å². The van der Waals surface area contributed by atoms with E-state index in [1.54, 1.807) is 6.07 Å². The van der Waals surface area contributed by atoms with E-state index in [-0.39, 0.29) is 22.3 Å². The number of furan rings is 1. The van der Waals surface area contributed by atoms with E-state index in [1.807, 2.05) is 20.8 Å². The predicted octanol–water partition coefficient (Wildman–Crippen LogP) is 3.67. The van der Waals surface area contributed by atoms with Crippen LogP contribution in [0.3, 0.4) is 0 Å². The first-order valence-corrected chi connectivity index (χ1v) is 6.05. The predicted molar refractivity (Wildman–Crippen MR) is 69.3 cm³/mol. The quantitative estimate of drug-likeness (QED) is 0.787. The molecule has 0 radical (unpaired) electrons. The molecule has 0 saturated heterocycles. The molecule has 5 nitrogen and oxygen atoms in total. The minimum atomic E-state index is -0.566. The van der Waals surface area contributed by atoms with Gasteiger partial charge in [0.2, 0.25) is 16.9 Å². The average Bonchev–Trinajstić information content (AvgIpc) is 2.92. The van der Waals surface area contributed by atoms with Crippen molar-refractivity contribution in [3.63, 3.8) is 0 Å². The number of carbonyl (C=O) groups excluding carboxylic acids is 1. The molecule has 0 unspecified atom stereocenters. The molecule has 2 rings (SSSR count). The molecule has 0 spiro atoms. The van der Waals surface area contributed by atoms with Gasteiger partial charge in [-0.15, -0.1) is 0 Å². The van der Waals surface area contributed by atoms with Crippen molar-refractivity contribution in [2.75, 3.05) is 7.11 Å². The highest BCUT2D eigenvalue weighted by Crippen LogP contribution is 2.33. The van der Waals surface area contributed by atoms with Gasteiger partial charge in [0.1, 0.15) is 5.69 Å². The second-order valence-electron chi connectivity index (χ2n) is 5.05. The van der Waals surface area contributed by atoms with E-state index in [1.165, 1.54) is 13.4 Å². The number of oxazole rings is 1. The molecule has 6 heteroatoms. The summed E-state index contributed by atoms with van der Waals surface area (Å²) in [6.45, 7) is 5.79. The summed E-state index contributed by atoms with van der Waals surface area (Å²) < 4.78 is 15.2. The molecule has 2 heterocycles. The Labute approximate surface area is 115 Å². The van der Waals surface area contributed by atoms with E-state index in [2.05, 4.69) is 4.98 Å². The lowest BCUT2D eigenvalue weighted by Gasteiger charge is -2.15. The van der Waals surface area contributed by atoms with Gasteiger partial charge < -0.3 is 13.6 Å². The van der Waals surface area contributed by atoms with Crippen molar-refractivity contribution in [1.29, 1.82) is 0 Å². The topological polar surface area (TPSA) is 65.5 Å². The molecule has 0 aromatic carbocycles. The summed E-state index contributed by atoms with van der Waals surface area (Å²) in [6, 6.07) is 1.63. The monoisotopic (exact) mass is 283 g/mol. The van der Waals surface area contributed by atoms with E-state index < -0.39 is 5.97 Å². The summed E-state index contributed by atoms with van der Waals surface area (Å²) in [5.74, 6) is -0.241. The molecule has 0 bridgehead atoms. The van der Waals surface area contributed by atoms with Crippen LogP contribution >= 0.6 is 11.6 Å². The lowest BCUT2D eigenvalue weighted by Crippen LogP contribution is -2.17. The van der Waals surface area contributed by atoms with E-state index in [0.717, 1.165) is 0 Å². The number of hydrogen-bond donors (Lipinski definition) is 0. The molecule has 2 aromatic heterocycles. The maximum absolute atomic E-state index is 11.7. The van der Waals surface area contributed by atoms with Crippen LogP contribution in [0, 0.1) is 0 Å². The number of methoxy groups -OCH3 is 1. The Morgan fingerprint density at radius 2 is 2.11 bits per heavy atom. The molecule has 102 valence electrons. The van der Waals surface area contributed by atoms with Crippen molar-refractivity contribution in [1.82, 2.24) is 4.98 Å². The van der Waals surface area contributed by atoms with E-state index in [9.17, 15) is 4.79 Å². The minimum absolute atomic E-state index is 0.0854. The van der Waals surface area contributed by atoms with Gasteiger partial charge in [-0.25, -0.2) is 9.78 Å². The number of esters is 1. The van der Waals surface area contributed by atoms with E-state index >= 15 is 0 Å². The maximum Gasteiger partial charge on any atom is 0.376 e. The number of ether oxygens (including phenoxy) is 1. The van der Waals surface area contributed by atoms with Gasteiger partial charge >= 0.3 is 5.97 Å². The Bertz CT molecular complexity index is 606. The summed E-state index contributed by atoms with van der Waals surface area (Å²) >= 11 is 5.88. The summed E-state index contributed by atoms with van der Waals surface area (Å²) in [5, 5.41) is 0.165. The number of hydrogen-bond acceptors (Lipinski definition) is 5. The van der Waals surface area contributed by atoms with Gasteiger partial charge in [0.25, 0.3) is 0 Å². The zero-order valence-corrected chi connectivity index (χ0v) is 11.9. The summed E-state index contributed by atoms with van der Waals surface area (Å²) in [6.07, 6.45) is 1.43. The third-order valence-corrected chi connectivity index (χ3v) is 2.85. The highest BCUT2D eigenvalue weighted by Gasteiger charge is 2.30. The first kappa shape index (κ1) is 13.7. The number of nitrogens with zero attached hydrogens (tertiary/aromatic N) is 1. The zero-order chi connectivity index (χ0) is 14.2. The average molecular weight is 284 g/mol. The third-order valence-electron chi connectivity index (χ3n) is 2.56. The third kappa shape index (κ3) is 2.51. The molecule has 0 aliphatic heterocycles. The minimum Gasteiger partial charge on any atom is -0.463 e. The van der Waals surface area contributed by atoms with Crippen molar-refractivity contribution >= 4 is 17.6 Å². The summed E-state index contributed by atoms with van der Waals surface area (Å²) in [5.41, 5.74) is 0.663. The Morgan fingerprint density at radius 1 is 1.42 bits per heavy atom. The maximum atomic E-state index is 11.7. The number of halogens is 1. The van der Waals surface area contributed by atoms with Gasteiger partial charge in [0.05, 0.1) is 18.9 Å². The van der Waals surface area contributed by atoms with Gasteiger partial charge in [-0.2, -0.15) is 0 Å². The smallest absolute Gasteiger partial charge is 0.376 e. The second-order valence-corrected chi connectivity index (χ2v) is 5.39. The second kappa shape index (κ2) is 4.74. The van der Waals surface area contributed by atoms with E-state index in [4.69, 9.17) is 25.2 Å². The van der Waals surface area contributed by atoms with Gasteiger partial charge in [0, 0.05) is 5.41 Å². The SMILES string of the molecule is COC(=O)c1oc(-c2ccoc2Cl)nc1C(C)(C)C. The molecular weight excluding hydrogens is 270 g/mol. The lowest BCUT2D eigenvalue weighted by atomic mass is 9.91. The van der Waals surface area contributed by atoms with Gasteiger partial charge in [-0.05, 0) is 17.7 Å². The van der Waals surface area contributed by atoms with Crippen LogP contribution in [0.25, 0.3) is 11.5 Å². The molecular formula is C13H14ClNO4. The number of carbonyl (C=O) groups is 1. The van der Waals surface area contributed by atoms with Gasteiger partial charge in [-0.1, -0.05) is 20.8 Å². The zero-order valence-electron chi connectivity index (χ0n) is 11.1. The fourth-order valence-electron chi connectivity index (χ4n) is 1.62. The van der Waals surface area contributed by atoms with Crippen molar-refractivity contribution in [2.45, 2.75) is 26.2 Å². The van der Waals surface area contributed by atoms with Gasteiger partial charge in [-0.3, -0.25) is 0 Å². The molecule has 0 saturated carbocycles. The van der Waals surface area contributed by atoms with Gasteiger partial charge in [0.15, 0.2) is 0 Å². The Kier molecular flexibility index (Phi) is 3.41. The highest BCUT2D eigenvalue weighted by molar-refractivity contribution is 6.31. The fraction of sp³-hybridized carbons (Fsp3) is 0.385. The Hall–Kier alpha value is -1.75. The van der Waals surface area contributed by atoms with Crippen LogP contribution < -0.4 is 0 Å². The lowest BCUT2D eigenvalue weighted by molar-refractivity contribution is 0.0562. The Balaban J connectivity index is 2.58. The van der Waals surface area contributed by atoms with Crippen LogP contribution in [0.2, 0.25) is 5.22 Å². The number of aromatic nitrogens is 1. The van der Waals surface area contributed by atoms with Crippen LogP contribution in [0.1, 0.15) is 37.0 Å². The molecule has 0 N–H and O–H groups in total. The van der Waals surface area contributed by atoms with Crippen LogP contribution in [0.4, 0.5) is 0 Å². The van der Waals surface area contributed by atoms with Crippen LogP contribution in [-0.2, 0) is 10.2 Å². The molecule has 0 atom stereocenters. The number of rotatable bonds is 2. The molecule has 0 aliphatic rings. The standard InChI is InChI=1S/C13H14ClNO4/c1-13(2,3)9-8(12(16)17-4)19-11(15-9)7-5-6-18-10(7)14/h5-6H,1-4H3. The Morgan fingerprint density at radius 3 is 2.58 bits per heavy atom. The first-order chi connectivity index (χ1) is 8.84. The largest absolute Gasteiger partial charge is 0.463 e. The highest BCUT2D eigenvalue weighted by atomic mass is 35.5. The van der Waals surface area contributed by atoms with Crippen molar-refractivity contribution < 1.29 is 18.4 Å². The molecule has 2 aromatic rings. The van der Waals surface area contributed by atoms with Crippen molar-refractivity contribution in [2.24, 2.45) is 0 Å². The molecule has 0 amide bonds.